The molecule has 0 aromatic heterocycles. The van der Waals surface area contributed by atoms with E-state index in [1.54, 1.807) is 6.07 Å². The van der Waals surface area contributed by atoms with Crippen molar-refractivity contribution in [3.8, 4) is 16.9 Å². The molecule has 6 heteroatoms. The van der Waals surface area contributed by atoms with Crippen LogP contribution in [0.4, 0.5) is 0 Å². The topological polar surface area (TPSA) is 76.7 Å². The Morgan fingerprint density at radius 1 is 0.870 bits per heavy atom. The van der Waals surface area contributed by atoms with E-state index in [2.05, 4.69) is 15.6 Å². The number of rotatable bonds is 6. The molecule has 0 fully saturated rings. The van der Waals surface area contributed by atoms with E-state index in [0.29, 0.717) is 5.75 Å². The van der Waals surface area contributed by atoms with Gasteiger partial charge in [0.1, 0.15) is 12.4 Å². The second-order valence-corrected chi connectivity index (χ2v) is 4.68. The van der Waals surface area contributed by atoms with E-state index in [1.807, 2.05) is 48.5 Å². The first kappa shape index (κ1) is 16.5. The summed E-state index contributed by atoms with van der Waals surface area (Å²) in [6.45, 7) is -0.338. The molecule has 0 saturated carbocycles. The summed E-state index contributed by atoms with van der Waals surface area (Å²) in [5.41, 5.74) is 6.37. The van der Waals surface area contributed by atoms with Gasteiger partial charge >= 0.3 is 0 Å². The van der Waals surface area contributed by atoms with Gasteiger partial charge in [-0.1, -0.05) is 48.5 Å². The number of methoxy groups -OCH3 is 1. The number of amides is 2. The maximum Gasteiger partial charge on any atom is 0.276 e. The second-order valence-electron chi connectivity index (χ2n) is 4.68. The van der Waals surface area contributed by atoms with Crippen molar-refractivity contribution >= 4 is 11.8 Å². The lowest BCUT2D eigenvalue weighted by Crippen LogP contribution is -2.45. The molecular weight excluding hydrogens is 296 g/mol. The minimum atomic E-state index is -0.461. The average Bonchev–Trinajstić information content (AvgIpc) is 2.59. The van der Waals surface area contributed by atoms with E-state index in [9.17, 15) is 9.59 Å². The molecule has 0 aliphatic rings. The van der Waals surface area contributed by atoms with Gasteiger partial charge in [0.05, 0.1) is 0 Å². The molecule has 0 heterocycles. The first-order chi connectivity index (χ1) is 11.2. The van der Waals surface area contributed by atoms with Crippen molar-refractivity contribution in [1.82, 2.24) is 10.9 Å². The maximum atomic E-state index is 11.7. The molecule has 2 amide bonds. The summed E-state index contributed by atoms with van der Waals surface area (Å²) in [4.78, 5) is 22.9. The van der Waals surface area contributed by atoms with E-state index in [4.69, 9.17) is 4.74 Å². The normalized spacial score (nSPS) is 9.96. The Kier molecular flexibility index (Phi) is 6.14. The van der Waals surface area contributed by atoms with Crippen LogP contribution in [0.2, 0.25) is 0 Å². The van der Waals surface area contributed by atoms with E-state index in [0.717, 1.165) is 11.1 Å². The molecule has 0 spiro atoms. The Balaban J connectivity index is 1.94. The van der Waals surface area contributed by atoms with Crippen LogP contribution in [0.3, 0.4) is 0 Å². The fraction of sp³-hybridized carbons (Fsp3) is 0.176. The molecule has 2 aromatic rings. The number of benzene rings is 2. The quantitative estimate of drug-likeness (QED) is 0.793. The molecule has 0 aliphatic carbocycles. The van der Waals surface area contributed by atoms with Crippen molar-refractivity contribution in [3.63, 3.8) is 0 Å². The average molecular weight is 314 g/mol. The second kappa shape index (κ2) is 8.55. The van der Waals surface area contributed by atoms with Gasteiger partial charge in [0, 0.05) is 12.7 Å². The Bertz CT molecular complexity index is 659. The summed E-state index contributed by atoms with van der Waals surface area (Å²) < 4.78 is 10.2. The number of hydrogen-bond acceptors (Lipinski definition) is 4. The lowest BCUT2D eigenvalue weighted by molar-refractivity contribution is -0.131. The van der Waals surface area contributed by atoms with Crippen molar-refractivity contribution in [1.29, 1.82) is 0 Å². The molecule has 0 unspecified atom stereocenters. The smallest absolute Gasteiger partial charge is 0.276 e. The zero-order valence-corrected chi connectivity index (χ0v) is 12.7. The highest BCUT2D eigenvalue weighted by molar-refractivity contribution is 5.83. The molecule has 0 saturated heterocycles. The minimum absolute atomic E-state index is 0.127. The van der Waals surface area contributed by atoms with E-state index in [1.165, 1.54) is 7.11 Å². The first-order valence-corrected chi connectivity index (χ1v) is 7.04. The van der Waals surface area contributed by atoms with Crippen LogP contribution in [0.1, 0.15) is 0 Å². The monoisotopic (exact) mass is 314 g/mol. The highest BCUT2D eigenvalue weighted by atomic mass is 16.5. The van der Waals surface area contributed by atoms with E-state index in [-0.39, 0.29) is 13.2 Å². The number of ether oxygens (including phenoxy) is 2. The van der Waals surface area contributed by atoms with Crippen molar-refractivity contribution in [2.24, 2.45) is 0 Å². The molecule has 23 heavy (non-hydrogen) atoms. The van der Waals surface area contributed by atoms with E-state index < -0.39 is 11.8 Å². The number of para-hydroxylation sites is 1. The molecule has 2 N–H and O–H groups in total. The van der Waals surface area contributed by atoms with Crippen LogP contribution >= 0.6 is 0 Å². The third kappa shape index (κ3) is 5.12. The third-order valence-corrected chi connectivity index (χ3v) is 2.95. The van der Waals surface area contributed by atoms with Gasteiger partial charge < -0.3 is 9.47 Å². The molecular formula is C17H18N2O4. The van der Waals surface area contributed by atoms with Gasteiger partial charge in [0.2, 0.25) is 0 Å². The summed E-state index contributed by atoms with van der Waals surface area (Å²) in [5, 5.41) is 0. The third-order valence-electron chi connectivity index (χ3n) is 2.95. The molecule has 0 bridgehead atoms. The molecule has 120 valence electrons. The summed E-state index contributed by atoms with van der Waals surface area (Å²) in [6, 6.07) is 17.2. The summed E-state index contributed by atoms with van der Waals surface area (Å²) in [7, 11) is 1.39. The summed E-state index contributed by atoms with van der Waals surface area (Å²) in [5.74, 6) is -0.306. The Hall–Kier alpha value is -2.86. The van der Waals surface area contributed by atoms with Crippen LogP contribution in [-0.4, -0.2) is 32.1 Å². The predicted molar refractivity (Wildman–Crippen MR) is 85.5 cm³/mol. The van der Waals surface area contributed by atoms with Gasteiger partial charge in [-0.2, -0.15) is 0 Å². The largest absolute Gasteiger partial charge is 0.483 e. The SMILES string of the molecule is COCC(=O)NNC(=O)COc1ccccc1-c1ccccc1. The van der Waals surface area contributed by atoms with Crippen molar-refractivity contribution in [3.05, 3.63) is 54.6 Å². The number of hydrazine groups is 1. The number of carbonyl (C=O) groups is 2. The van der Waals surface area contributed by atoms with Gasteiger partial charge in [-0.3, -0.25) is 20.4 Å². The van der Waals surface area contributed by atoms with Crippen molar-refractivity contribution < 1.29 is 19.1 Å². The zero-order valence-electron chi connectivity index (χ0n) is 12.7. The summed E-state index contributed by atoms with van der Waals surface area (Å²) >= 11 is 0. The van der Waals surface area contributed by atoms with Crippen LogP contribution in [0.5, 0.6) is 5.75 Å². The van der Waals surface area contributed by atoms with Gasteiger partial charge in [-0.25, -0.2) is 0 Å². The predicted octanol–water partition coefficient (Wildman–Crippen LogP) is 1.53. The number of nitrogens with one attached hydrogen (secondary N) is 2. The van der Waals surface area contributed by atoms with Gasteiger partial charge in [0.15, 0.2) is 6.61 Å². The van der Waals surface area contributed by atoms with Gasteiger partial charge in [0.25, 0.3) is 11.8 Å². The maximum absolute atomic E-state index is 11.7. The standard InChI is InChI=1S/C17H18N2O4/c1-22-11-16(20)18-19-17(21)12-23-15-10-6-5-9-14(15)13-7-3-2-4-8-13/h2-10H,11-12H2,1H3,(H,18,20)(H,19,21). The molecule has 2 rings (SSSR count). The fourth-order valence-corrected chi connectivity index (χ4v) is 1.93. The fourth-order valence-electron chi connectivity index (χ4n) is 1.93. The lowest BCUT2D eigenvalue weighted by Gasteiger charge is -2.12. The van der Waals surface area contributed by atoms with Crippen LogP contribution in [0.25, 0.3) is 11.1 Å². The van der Waals surface area contributed by atoms with Gasteiger partial charge in [-0.15, -0.1) is 0 Å². The van der Waals surface area contributed by atoms with Crippen LogP contribution in [0, 0.1) is 0 Å². The highest BCUT2D eigenvalue weighted by Gasteiger charge is 2.09. The van der Waals surface area contributed by atoms with Crippen LogP contribution in [-0.2, 0) is 14.3 Å². The highest BCUT2D eigenvalue weighted by Crippen LogP contribution is 2.29. The Labute approximate surface area is 134 Å². The number of hydrogen-bond donors (Lipinski definition) is 2. The lowest BCUT2D eigenvalue weighted by atomic mass is 10.1. The Morgan fingerprint density at radius 2 is 1.48 bits per heavy atom. The molecule has 0 radical (unpaired) electrons. The molecule has 2 aromatic carbocycles. The Morgan fingerprint density at radius 3 is 2.17 bits per heavy atom. The van der Waals surface area contributed by atoms with Crippen molar-refractivity contribution in [2.75, 3.05) is 20.3 Å². The van der Waals surface area contributed by atoms with Crippen LogP contribution in [0.15, 0.2) is 54.6 Å². The molecule has 6 nitrogen and oxygen atoms in total. The minimum Gasteiger partial charge on any atom is -0.483 e. The summed E-state index contributed by atoms with van der Waals surface area (Å²) in [6.07, 6.45) is 0. The van der Waals surface area contributed by atoms with Crippen LogP contribution < -0.4 is 15.6 Å². The first-order valence-electron chi connectivity index (χ1n) is 7.04. The number of carbonyl (C=O) groups excluding carboxylic acids is 2. The van der Waals surface area contributed by atoms with Crippen molar-refractivity contribution in [2.45, 2.75) is 0 Å². The molecule has 0 atom stereocenters. The molecule has 0 aliphatic heterocycles. The zero-order chi connectivity index (χ0) is 16.5. The van der Waals surface area contributed by atoms with Gasteiger partial charge in [-0.05, 0) is 11.6 Å². The van der Waals surface area contributed by atoms with E-state index >= 15 is 0 Å².